The van der Waals surface area contributed by atoms with Gasteiger partial charge in [-0.2, -0.15) is 0 Å². The second-order valence-electron chi connectivity index (χ2n) is 8.63. The molecule has 0 radical (unpaired) electrons. The van der Waals surface area contributed by atoms with Crippen molar-refractivity contribution >= 4 is 5.78 Å². The number of carbonyl (C=O) groups is 1. The number of hydrogen-bond acceptors (Lipinski definition) is 2. The summed E-state index contributed by atoms with van der Waals surface area (Å²) in [5, 5.41) is 11.0. The van der Waals surface area contributed by atoms with Crippen LogP contribution >= 0.6 is 0 Å². The highest BCUT2D eigenvalue weighted by Gasteiger charge is 2.62. The van der Waals surface area contributed by atoms with Gasteiger partial charge >= 0.3 is 0 Å². The lowest BCUT2D eigenvalue weighted by Crippen LogP contribution is -2.53. The summed E-state index contributed by atoms with van der Waals surface area (Å²) in [6, 6.07) is -0.441. The quantitative estimate of drug-likeness (QED) is 0.725. The van der Waals surface area contributed by atoms with E-state index in [2.05, 4.69) is 6.92 Å². The van der Waals surface area contributed by atoms with Gasteiger partial charge in [-0.3, -0.25) is 4.79 Å². The van der Waals surface area contributed by atoms with Gasteiger partial charge < -0.3 is 5.11 Å². The van der Waals surface area contributed by atoms with Crippen molar-refractivity contribution < 1.29 is 16.8 Å². The molecule has 122 valence electrons. The standard InChI is InChI=1S/C20H30O2/c1-18-9-6-14(21)12-13(18)4-5-15-16(18)7-10-19(2)17(15)8-11-20(19,3)22/h12,15-17,22H,4-11H2,1-3H3/t15-,16+,17+,18+,19+,20-/m0/s1/i4D2,6D2,12D. The number of rotatable bonds is 0. The molecule has 0 aliphatic heterocycles. The van der Waals surface area contributed by atoms with Gasteiger partial charge in [0.2, 0.25) is 0 Å². The smallest absolute Gasteiger partial charge is 0.155 e. The highest BCUT2D eigenvalue weighted by atomic mass is 16.3. The van der Waals surface area contributed by atoms with Crippen LogP contribution in [0.5, 0.6) is 0 Å². The van der Waals surface area contributed by atoms with Crippen molar-refractivity contribution in [3.63, 3.8) is 0 Å². The third kappa shape index (κ3) is 1.74. The maximum Gasteiger partial charge on any atom is 0.155 e. The fourth-order valence-electron chi connectivity index (χ4n) is 6.04. The van der Waals surface area contributed by atoms with Crippen LogP contribution in [0.1, 0.15) is 78.9 Å². The molecule has 0 aromatic rings. The van der Waals surface area contributed by atoms with Crippen molar-refractivity contribution in [2.75, 3.05) is 0 Å². The Bertz CT molecular complexity index is 743. The lowest BCUT2D eigenvalue weighted by atomic mass is 9.46. The molecule has 4 aliphatic carbocycles. The maximum absolute atomic E-state index is 12.4. The molecular weight excluding hydrogens is 272 g/mol. The second-order valence-corrected chi connectivity index (χ2v) is 8.63. The Balaban J connectivity index is 1.85. The van der Waals surface area contributed by atoms with Crippen molar-refractivity contribution in [1.29, 1.82) is 0 Å². The number of allylic oxidation sites excluding steroid dienone is 1. The lowest BCUT2D eigenvalue weighted by molar-refractivity contribution is -0.124. The van der Waals surface area contributed by atoms with E-state index in [1.54, 1.807) is 0 Å². The second kappa shape index (κ2) is 4.47. The Kier molecular flexibility index (Phi) is 2.09. The van der Waals surface area contributed by atoms with E-state index >= 15 is 0 Å². The fourth-order valence-corrected chi connectivity index (χ4v) is 6.04. The van der Waals surface area contributed by atoms with Crippen LogP contribution in [0.4, 0.5) is 0 Å². The topological polar surface area (TPSA) is 37.3 Å². The van der Waals surface area contributed by atoms with E-state index in [9.17, 15) is 9.90 Å². The Morgan fingerprint density at radius 1 is 1.14 bits per heavy atom. The van der Waals surface area contributed by atoms with Crippen molar-refractivity contribution in [3.05, 3.63) is 11.6 Å². The molecule has 22 heavy (non-hydrogen) atoms. The Labute approximate surface area is 141 Å². The van der Waals surface area contributed by atoms with E-state index < -0.39 is 35.6 Å². The molecule has 3 fully saturated rings. The summed E-state index contributed by atoms with van der Waals surface area (Å²) in [7, 11) is 0. The van der Waals surface area contributed by atoms with Crippen LogP contribution in [0.3, 0.4) is 0 Å². The van der Waals surface area contributed by atoms with Crippen molar-refractivity contribution in [2.24, 2.45) is 28.6 Å². The molecule has 0 amide bonds. The molecule has 2 nitrogen and oxygen atoms in total. The van der Waals surface area contributed by atoms with Gasteiger partial charge in [-0.05, 0) is 86.5 Å². The molecule has 0 spiro atoms. The van der Waals surface area contributed by atoms with E-state index in [1.807, 2.05) is 13.8 Å². The maximum atomic E-state index is 12.4. The minimum absolute atomic E-state index is 0.0401. The summed E-state index contributed by atoms with van der Waals surface area (Å²) in [5.41, 5.74) is -1.61. The summed E-state index contributed by atoms with van der Waals surface area (Å²) in [4.78, 5) is 12.4. The van der Waals surface area contributed by atoms with Gasteiger partial charge in [0.15, 0.2) is 5.78 Å². The minimum Gasteiger partial charge on any atom is -0.390 e. The van der Waals surface area contributed by atoms with Gasteiger partial charge in [0.05, 0.1) is 6.97 Å². The van der Waals surface area contributed by atoms with E-state index in [4.69, 9.17) is 6.85 Å². The molecule has 0 aromatic heterocycles. The first kappa shape index (κ1) is 10.3. The average Bonchev–Trinajstić information content (AvgIpc) is 2.74. The lowest BCUT2D eigenvalue weighted by Gasteiger charge is -2.58. The zero-order valence-corrected chi connectivity index (χ0v) is 13.8. The molecular formula is C20H30O2. The largest absolute Gasteiger partial charge is 0.390 e. The van der Waals surface area contributed by atoms with E-state index in [-0.39, 0.29) is 41.6 Å². The zero-order valence-electron chi connectivity index (χ0n) is 18.8. The van der Waals surface area contributed by atoms with Crippen LogP contribution in [0.25, 0.3) is 0 Å². The van der Waals surface area contributed by atoms with Crippen LogP contribution in [0.15, 0.2) is 11.6 Å². The van der Waals surface area contributed by atoms with Crippen LogP contribution in [-0.4, -0.2) is 16.5 Å². The Morgan fingerprint density at radius 2 is 1.86 bits per heavy atom. The summed E-state index contributed by atoms with van der Waals surface area (Å²) in [6.45, 7) is 5.91. The molecule has 0 bridgehead atoms. The van der Waals surface area contributed by atoms with Gasteiger partial charge in [-0.1, -0.05) is 19.4 Å². The number of fused-ring (bicyclic) bond motifs is 5. The first-order chi connectivity index (χ1) is 12.2. The number of carbonyl (C=O) groups excluding carboxylic acids is 1. The van der Waals surface area contributed by atoms with Crippen molar-refractivity contribution in [1.82, 2.24) is 0 Å². The van der Waals surface area contributed by atoms with Gasteiger partial charge in [0.1, 0.15) is 0 Å². The van der Waals surface area contributed by atoms with Crippen molar-refractivity contribution in [3.8, 4) is 0 Å². The first-order valence-corrected chi connectivity index (χ1v) is 8.66. The monoisotopic (exact) mass is 307 g/mol. The Morgan fingerprint density at radius 3 is 2.64 bits per heavy atom. The highest BCUT2D eigenvalue weighted by molar-refractivity contribution is 5.91. The summed E-state index contributed by atoms with van der Waals surface area (Å²) in [6.07, 6.45) is -0.516. The molecule has 3 saturated carbocycles. The van der Waals surface area contributed by atoms with Crippen LogP contribution < -0.4 is 0 Å². The number of ketones is 1. The van der Waals surface area contributed by atoms with Gasteiger partial charge in [-0.15, -0.1) is 0 Å². The SMILES string of the molecule is [2H]C1=C2C([2H])([2H])C[C@H]3[C@@H](CC[C@]4(C)[C@@H]3CC[C@]4(C)O)[C@]2(C)CC([2H])([2H])C1=O. The Hall–Kier alpha value is -0.630. The van der Waals surface area contributed by atoms with E-state index in [0.717, 1.165) is 19.3 Å². The van der Waals surface area contributed by atoms with Gasteiger partial charge in [-0.25, -0.2) is 0 Å². The molecule has 0 unspecified atom stereocenters. The molecule has 4 rings (SSSR count). The normalized spacial score (nSPS) is 62.6. The van der Waals surface area contributed by atoms with E-state index in [1.165, 1.54) is 0 Å². The summed E-state index contributed by atoms with van der Waals surface area (Å²) in [5.74, 6) is -0.593. The predicted molar refractivity (Wildman–Crippen MR) is 87.3 cm³/mol. The summed E-state index contributed by atoms with van der Waals surface area (Å²) >= 11 is 0. The average molecular weight is 307 g/mol. The third-order valence-corrected chi connectivity index (χ3v) is 7.76. The molecule has 0 saturated heterocycles. The van der Waals surface area contributed by atoms with Crippen molar-refractivity contribution in [2.45, 2.75) is 77.6 Å². The fraction of sp³-hybridized carbons (Fsp3) is 0.850. The van der Waals surface area contributed by atoms with Gasteiger partial charge in [0.25, 0.3) is 0 Å². The molecule has 0 aromatic carbocycles. The zero-order chi connectivity index (χ0) is 20.2. The molecule has 6 atom stereocenters. The molecule has 2 heteroatoms. The molecule has 0 heterocycles. The minimum atomic E-state index is -2.12. The number of hydrogen-bond donors (Lipinski definition) is 1. The van der Waals surface area contributed by atoms with E-state index in [0.29, 0.717) is 6.42 Å². The number of aliphatic hydroxyl groups is 1. The summed E-state index contributed by atoms with van der Waals surface area (Å²) < 4.78 is 42.1. The highest BCUT2D eigenvalue weighted by Crippen LogP contribution is 2.67. The molecule has 1 N–H and O–H groups in total. The third-order valence-electron chi connectivity index (χ3n) is 7.76. The predicted octanol–water partition coefficient (Wildman–Crippen LogP) is 4.27. The molecule has 4 aliphatic rings. The van der Waals surface area contributed by atoms with Gasteiger partial charge in [0, 0.05) is 11.9 Å². The van der Waals surface area contributed by atoms with Crippen LogP contribution in [0, 0.1) is 28.6 Å². The van der Waals surface area contributed by atoms with Crippen LogP contribution in [0.2, 0.25) is 0 Å². The van der Waals surface area contributed by atoms with Crippen LogP contribution in [-0.2, 0) is 4.79 Å². The first-order valence-electron chi connectivity index (χ1n) is 11.2.